The highest BCUT2D eigenvalue weighted by Crippen LogP contribution is 2.51. The van der Waals surface area contributed by atoms with Gasteiger partial charge in [0.25, 0.3) is 0 Å². The van der Waals surface area contributed by atoms with Crippen molar-refractivity contribution in [1.82, 2.24) is 0 Å². The third-order valence-electron chi connectivity index (χ3n) is 14.7. The van der Waals surface area contributed by atoms with E-state index in [4.69, 9.17) is 0 Å². The lowest BCUT2D eigenvalue weighted by molar-refractivity contribution is 0.638. The lowest BCUT2D eigenvalue weighted by Crippen LogP contribution is -2.42. The van der Waals surface area contributed by atoms with Crippen LogP contribution in [0.2, 0.25) is 0 Å². The highest BCUT2D eigenvalue weighted by Gasteiger charge is 2.38. The Morgan fingerprint density at radius 2 is 1.40 bits per heavy atom. The van der Waals surface area contributed by atoms with Crippen molar-refractivity contribution in [3.05, 3.63) is 197 Å². The summed E-state index contributed by atoms with van der Waals surface area (Å²) in [4.78, 5) is 2.53. The molecule has 2 aliphatic heterocycles. The number of aryl methyl sites for hydroxylation is 1. The molecule has 0 spiro atoms. The lowest BCUT2D eigenvalue weighted by atomic mass is 9.50. The number of anilines is 5. The van der Waals surface area contributed by atoms with Crippen molar-refractivity contribution in [3.63, 3.8) is 0 Å². The monoisotopic (exact) mass is 815 g/mol. The average Bonchev–Trinajstić information content (AvgIpc) is 3.31. The third-order valence-corrected chi connectivity index (χ3v) is 14.7. The van der Waals surface area contributed by atoms with Gasteiger partial charge in [-0.25, -0.2) is 0 Å². The number of hydrogen-bond donors (Lipinski definition) is 1. The molecule has 2 heterocycles. The summed E-state index contributed by atoms with van der Waals surface area (Å²) in [6, 6.07) is 60.4. The Morgan fingerprint density at radius 3 is 2.21 bits per heavy atom. The van der Waals surface area contributed by atoms with Gasteiger partial charge in [0.1, 0.15) is 0 Å². The molecule has 0 bridgehead atoms. The van der Waals surface area contributed by atoms with Gasteiger partial charge in [-0.15, -0.1) is 0 Å². The van der Waals surface area contributed by atoms with Gasteiger partial charge in [0, 0.05) is 39.6 Å². The molecular weight excluding hydrogens is 759 g/mol. The molecule has 0 aromatic heterocycles. The SMILES string of the molecule is CCCCc1ccc(N(c2ccc([C@@H](C)CCC)cc2)c2cc(-c3cccc4c3Nc3ccccc3C4(C)C)c3c(c2)C2Cc4c(ccc5ccccc45)-c4cccc(c42)[B]3)cc1. The van der Waals surface area contributed by atoms with Gasteiger partial charge in [-0.2, -0.15) is 0 Å². The minimum Gasteiger partial charge on any atom is -0.355 e. The topological polar surface area (TPSA) is 15.3 Å². The molecule has 0 saturated carbocycles. The average molecular weight is 816 g/mol. The first-order valence-electron chi connectivity index (χ1n) is 23.5. The van der Waals surface area contributed by atoms with E-state index in [9.17, 15) is 0 Å². The fraction of sp³-hybridized carbons (Fsp3) is 0.233. The normalized spacial score (nSPS) is 15.5. The second-order valence-corrected chi connectivity index (χ2v) is 18.9. The summed E-state index contributed by atoms with van der Waals surface area (Å²) in [5, 5.41) is 6.67. The summed E-state index contributed by atoms with van der Waals surface area (Å²) in [6.07, 6.45) is 6.81. The lowest BCUT2D eigenvalue weighted by Gasteiger charge is -2.39. The molecule has 0 amide bonds. The molecule has 1 N–H and O–H groups in total. The van der Waals surface area contributed by atoms with Crippen LogP contribution >= 0.6 is 0 Å². The molecule has 1 radical (unpaired) electrons. The second kappa shape index (κ2) is 15.8. The number of para-hydroxylation sites is 2. The number of rotatable bonds is 10. The number of nitrogens with one attached hydrogen (secondary N) is 1. The Hall–Kier alpha value is -6.32. The molecule has 0 saturated heterocycles. The van der Waals surface area contributed by atoms with Crippen molar-refractivity contribution >= 4 is 57.4 Å². The summed E-state index contributed by atoms with van der Waals surface area (Å²) in [5.41, 5.74) is 23.4. The van der Waals surface area contributed by atoms with Crippen molar-refractivity contribution in [2.24, 2.45) is 0 Å². The standard InChI is InChI=1S/C60H56BN2/c1-6-8-16-39-25-30-42(31-26-39)63(43-32-27-40(28-33-43)38(3)15-7-2)44-35-51(48-20-13-22-54-59(48)62-56-24-12-11-21-53(56)60(54,4)5)58-52(36-44)50-37-49-45-18-10-9-17-41(45)29-34-46(49)47-19-14-23-55(61-58)57(47)50/h9-14,17-36,38,50,62H,6-8,15-16,37H2,1-5H3/t38-,50?/m0/s1. The molecule has 2 nitrogen and oxygen atoms in total. The van der Waals surface area contributed by atoms with Gasteiger partial charge in [0.2, 0.25) is 0 Å². The Balaban J connectivity index is 1.17. The quantitative estimate of drug-likeness (QED) is 0.138. The van der Waals surface area contributed by atoms with E-state index in [1.165, 1.54) is 137 Å². The molecule has 3 aliphatic rings. The number of unbranched alkanes of at least 4 members (excludes halogenated alkanes) is 1. The summed E-state index contributed by atoms with van der Waals surface area (Å²) < 4.78 is 0. The predicted octanol–water partition coefficient (Wildman–Crippen LogP) is 14.9. The Bertz CT molecular complexity index is 3030. The molecule has 8 aromatic carbocycles. The van der Waals surface area contributed by atoms with Crippen LogP contribution in [0.5, 0.6) is 0 Å². The van der Waals surface area contributed by atoms with Crippen molar-refractivity contribution in [3.8, 4) is 22.3 Å². The van der Waals surface area contributed by atoms with E-state index in [-0.39, 0.29) is 11.3 Å². The number of fused-ring (bicyclic) bond motifs is 8. The van der Waals surface area contributed by atoms with Crippen molar-refractivity contribution in [1.29, 1.82) is 0 Å². The summed E-state index contributed by atoms with van der Waals surface area (Å²) in [7, 11) is 2.51. The number of benzene rings is 8. The smallest absolute Gasteiger partial charge is 0.193 e. The van der Waals surface area contributed by atoms with Gasteiger partial charge >= 0.3 is 0 Å². The van der Waals surface area contributed by atoms with E-state index in [2.05, 4.69) is 210 Å². The molecule has 63 heavy (non-hydrogen) atoms. The zero-order valence-corrected chi connectivity index (χ0v) is 37.4. The maximum absolute atomic E-state index is 4.00. The zero-order valence-electron chi connectivity index (χ0n) is 37.4. The molecule has 2 atom stereocenters. The van der Waals surface area contributed by atoms with Gasteiger partial charge < -0.3 is 10.2 Å². The number of hydrogen-bond acceptors (Lipinski definition) is 2. The van der Waals surface area contributed by atoms with Gasteiger partial charge in [-0.1, -0.05) is 174 Å². The van der Waals surface area contributed by atoms with Crippen LogP contribution in [0, 0.1) is 0 Å². The van der Waals surface area contributed by atoms with Gasteiger partial charge in [-0.05, 0) is 140 Å². The van der Waals surface area contributed by atoms with Crippen LogP contribution in [0.4, 0.5) is 28.4 Å². The molecule has 8 aromatic rings. The third kappa shape index (κ3) is 6.62. The minimum atomic E-state index is -0.174. The van der Waals surface area contributed by atoms with Gasteiger partial charge in [0.05, 0.1) is 5.69 Å². The fourth-order valence-corrected chi connectivity index (χ4v) is 11.4. The van der Waals surface area contributed by atoms with Crippen LogP contribution in [0.25, 0.3) is 33.0 Å². The summed E-state index contributed by atoms with van der Waals surface area (Å²) in [5.74, 6) is 0.709. The Morgan fingerprint density at radius 1 is 0.667 bits per heavy atom. The Kier molecular flexibility index (Phi) is 9.91. The first-order chi connectivity index (χ1) is 30.8. The molecule has 1 aliphatic carbocycles. The molecule has 1 unspecified atom stereocenters. The first kappa shape index (κ1) is 39.5. The Labute approximate surface area is 375 Å². The predicted molar refractivity (Wildman–Crippen MR) is 270 cm³/mol. The zero-order chi connectivity index (χ0) is 42.8. The highest BCUT2D eigenvalue weighted by atomic mass is 15.1. The minimum absolute atomic E-state index is 0.174. The molecule has 0 fully saturated rings. The van der Waals surface area contributed by atoms with E-state index in [1.807, 2.05) is 0 Å². The van der Waals surface area contributed by atoms with E-state index in [0.717, 1.165) is 12.8 Å². The van der Waals surface area contributed by atoms with Crippen LogP contribution in [0.1, 0.15) is 111 Å². The molecule has 11 rings (SSSR count). The van der Waals surface area contributed by atoms with E-state index >= 15 is 0 Å². The van der Waals surface area contributed by atoms with Gasteiger partial charge in [0.15, 0.2) is 7.28 Å². The van der Waals surface area contributed by atoms with E-state index < -0.39 is 0 Å². The molecular formula is C60H56BN2. The van der Waals surface area contributed by atoms with Crippen molar-refractivity contribution < 1.29 is 0 Å². The summed E-state index contributed by atoms with van der Waals surface area (Å²) in [6.45, 7) is 11.7. The van der Waals surface area contributed by atoms with E-state index in [0.29, 0.717) is 5.92 Å². The van der Waals surface area contributed by atoms with Crippen molar-refractivity contribution in [2.75, 3.05) is 10.2 Å². The number of nitrogens with zero attached hydrogens (tertiary/aromatic N) is 1. The second-order valence-electron chi connectivity index (χ2n) is 18.9. The van der Waals surface area contributed by atoms with Gasteiger partial charge in [-0.3, -0.25) is 0 Å². The van der Waals surface area contributed by atoms with Crippen LogP contribution < -0.4 is 21.1 Å². The summed E-state index contributed by atoms with van der Waals surface area (Å²) >= 11 is 0. The van der Waals surface area contributed by atoms with E-state index in [1.54, 1.807) is 0 Å². The molecule has 3 heteroatoms. The first-order valence-corrected chi connectivity index (χ1v) is 23.5. The maximum atomic E-state index is 4.00. The van der Waals surface area contributed by atoms with Crippen LogP contribution in [-0.4, -0.2) is 7.28 Å². The largest absolute Gasteiger partial charge is 0.355 e. The maximum Gasteiger partial charge on any atom is 0.193 e. The van der Waals surface area contributed by atoms with Crippen LogP contribution in [0.15, 0.2) is 158 Å². The highest BCUT2D eigenvalue weighted by molar-refractivity contribution is 6.70. The van der Waals surface area contributed by atoms with Crippen molar-refractivity contribution in [2.45, 2.75) is 90.4 Å². The molecule has 309 valence electrons. The van der Waals surface area contributed by atoms with Crippen LogP contribution in [0.3, 0.4) is 0 Å². The van der Waals surface area contributed by atoms with Crippen LogP contribution in [-0.2, 0) is 18.3 Å². The fourth-order valence-electron chi connectivity index (χ4n) is 11.4.